The molecule has 0 aromatic rings. The van der Waals surface area contributed by atoms with Crippen LogP contribution in [-0.4, -0.2) is 37.4 Å². The molecule has 0 aromatic heterocycles. The van der Waals surface area contributed by atoms with Crippen LogP contribution >= 0.6 is 0 Å². The van der Waals surface area contributed by atoms with Crippen molar-refractivity contribution >= 4 is 5.97 Å². The molecule has 0 aliphatic heterocycles. The van der Waals surface area contributed by atoms with Gasteiger partial charge in [-0.15, -0.1) is 0 Å². The summed E-state index contributed by atoms with van der Waals surface area (Å²) >= 11 is 0. The zero-order chi connectivity index (χ0) is 11.8. The predicted molar refractivity (Wildman–Crippen MR) is 59.3 cm³/mol. The average Bonchev–Trinajstić information content (AvgIpc) is 2.07. The van der Waals surface area contributed by atoms with Crippen LogP contribution in [0, 0.1) is 0 Å². The normalized spacial score (nSPS) is 7.57. The molecule has 88 valence electrons. The Morgan fingerprint density at radius 3 is 1.57 bits per heavy atom. The Bertz CT molecular complexity index is 95.4. The van der Waals surface area contributed by atoms with Gasteiger partial charge in [-0.1, -0.05) is 13.8 Å². The predicted octanol–water partition coefficient (Wildman–Crippen LogP) is 1.18. The van der Waals surface area contributed by atoms with Crippen molar-refractivity contribution in [3.05, 3.63) is 0 Å². The monoisotopic (exact) mass is 207 g/mol. The second kappa shape index (κ2) is 22.8. The van der Waals surface area contributed by atoms with Gasteiger partial charge in [0.1, 0.15) is 0 Å². The van der Waals surface area contributed by atoms with Gasteiger partial charge in [-0.25, -0.2) is 0 Å². The molecule has 0 saturated heterocycles. The molecule has 0 radical (unpaired) electrons. The molecule has 0 aliphatic rings. The quantitative estimate of drug-likeness (QED) is 0.682. The smallest absolute Gasteiger partial charge is 0.302 e. The van der Waals surface area contributed by atoms with Crippen LogP contribution in [0.4, 0.5) is 0 Å². The van der Waals surface area contributed by atoms with Crippen molar-refractivity contribution in [3.63, 3.8) is 0 Å². The first-order valence-electron chi connectivity index (χ1n) is 5.05. The first kappa shape index (κ1) is 19.0. The number of carbonyl (C=O) groups excluding carboxylic acids is 1. The fourth-order valence-electron chi connectivity index (χ4n) is 0.453. The lowest BCUT2D eigenvalue weighted by Crippen LogP contribution is -2.09. The minimum atomic E-state index is -0.211. The van der Waals surface area contributed by atoms with Crippen LogP contribution in [0.25, 0.3) is 0 Å². The molecule has 0 spiro atoms. The maximum Gasteiger partial charge on any atom is 0.302 e. The van der Waals surface area contributed by atoms with Crippen molar-refractivity contribution < 1.29 is 14.6 Å². The van der Waals surface area contributed by atoms with E-state index >= 15 is 0 Å². The van der Waals surface area contributed by atoms with Gasteiger partial charge in [0, 0.05) is 13.5 Å². The van der Waals surface area contributed by atoms with Crippen molar-refractivity contribution in [2.24, 2.45) is 0 Å². The summed E-state index contributed by atoms with van der Waals surface area (Å²) in [5, 5.41) is 10.7. The number of ether oxygens (including phenoxy) is 1. The van der Waals surface area contributed by atoms with E-state index in [4.69, 9.17) is 5.11 Å². The van der Waals surface area contributed by atoms with Gasteiger partial charge in [0.2, 0.25) is 0 Å². The SMILES string of the molecule is CCNCC.CCO.CCOC(C)=O. The van der Waals surface area contributed by atoms with Gasteiger partial charge in [0.25, 0.3) is 0 Å². The highest BCUT2D eigenvalue weighted by Gasteiger charge is 1.81. The molecule has 0 bridgehead atoms. The van der Waals surface area contributed by atoms with Gasteiger partial charge in [0.15, 0.2) is 0 Å². The Morgan fingerprint density at radius 2 is 1.57 bits per heavy atom. The lowest BCUT2D eigenvalue weighted by molar-refractivity contribution is -0.140. The molecule has 0 aliphatic carbocycles. The van der Waals surface area contributed by atoms with Crippen LogP contribution in [0.15, 0.2) is 0 Å². The third-order valence-corrected chi connectivity index (χ3v) is 0.848. The van der Waals surface area contributed by atoms with Gasteiger partial charge in [-0.2, -0.15) is 0 Å². The molecular formula is C10H25NO3. The van der Waals surface area contributed by atoms with Gasteiger partial charge in [-0.3, -0.25) is 4.79 Å². The zero-order valence-corrected chi connectivity index (χ0v) is 10.1. The maximum absolute atomic E-state index is 9.82. The van der Waals surface area contributed by atoms with Gasteiger partial charge < -0.3 is 15.2 Å². The Labute approximate surface area is 87.7 Å². The highest BCUT2D eigenvalue weighted by atomic mass is 16.5. The number of carbonyl (C=O) groups is 1. The van der Waals surface area contributed by atoms with E-state index in [-0.39, 0.29) is 12.6 Å². The van der Waals surface area contributed by atoms with E-state index in [9.17, 15) is 4.79 Å². The number of aliphatic hydroxyl groups is 1. The number of rotatable bonds is 3. The van der Waals surface area contributed by atoms with Crippen LogP contribution in [0.3, 0.4) is 0 Å². The van der Waals surface area contributed by atoms with E-state index in [1.807, 2.05) is 0 Å². The molecule has 2 N–H and O–H groups in total. The first-order chi connectivity index (χ1) is 6.60. The third kappa shape index (κ3) is 63.8. The van der Waals surface area contributed by atoms with Crippen molar-refractivity contribution in [2.45, 2.75) is 34.6 Å². The number of hydrogen-bond acceptors (Lipinski definition) is 4. The van der Waals surface area contributed by atoms with Gasteiger partial charge in [-0.05, 0) is 26.9 Å². The highest BCUT2D eigenvalue weighted by Crippen LogP contribution is 1.69. The summed E-state index contributed by atoms with van der Waals surface area (Å²) in [4.78, 5) is 9.82. The molecule has 0 amide bonds. The summed E-state index contributed by atoms with van der Waals surface area (Å²) in [7, 11) is 0. The largest absolute Gasteiger partial charge is 0.466 e. The van der Waals surface area contributed by atoms with Gasteiger partial charge >= 0.3 is 5.97 Å². The Kier molecular flexibility index (Phi) is 31.1. The van der Waals surface area contributed by atoms with Crippen LogP contribution in [0.2, 0.25) is 0 Å². The standard InChI is InChI=1S/C4H11N.C4H8O2.C2H6O/c1-3-5-4-2;1-3-6-4(2)5;1-2-3/h5H,3-4H2,1-2H3;3H2,1-2H3;3H,2H2,1H3. The van der Waals surface area contributed by atoms with Crippen molar-refractivity contribution in [1.29, 1.82) is 0 Å². The number of aliphatic hydroxyl groups excluding tert-OH is 1. The lowest BCUT2D eigenvalue weighted by atomic mass is 10.7. The van der Waals surface area contributed by atoms with Crippen molar-refractivity contribution in [1.82, 2.24) is 5.32 Å². The maximum atomic E-state index is 9.82. The summed E-state index contributed by atoms with van der Waals surface area (Å²) < 4.78 is 4.40. The second-order valence-electron chi connectivity index (χ2n) is 2.20. The molecule has 0 saturated carbocycles. The topological polar surface area (TPSA) is 58.6 Å². The van der Waals surface area contributed by atoms with Crippen LogP contribution in [0.5, 0.6) is 0 Å². The molecule has 4 nitrogen and oxygen atoms in total. The molecule has 0 fully saturated rings. The summed E-state index contributed by atoms with van der Waals surface area (Å²) in [6, 6.07) is 0. The summed E-state index contributed by atoms with van der Waals surface area (Å²) in [6.45, 7) is 12.0. The summed E-state index contributed by atoms with van der Waals surface area (Å²) in [6.07, 6.45) is 0. The molecular weight excluding hydrogens is 182 g/mol. The number of hydrogen-bond donors (Lipinski definition) is 2. The molecule has 14 heavy (non-hydrogen) atoms. The molecule has 0 rings (SSSR count). The number of nitrogens with one attached hydrogen (secondary N) is 1. The van der Waals surface area contributed by atoms with Crippen LogP contribution in [-0.2, 0) is 9.53 Å². The molecule has 0 heterocycles. The molecule has 0 atom stereocenters. The van der Waals surface area contributed by atoms with E-state index in [2.05, 4.69) is 23.9 Å². The summed E-state index contributed by atoms with van der Waals surface area (Å²) in [5.74, 6) is -0.211. The minimum Gasteiger partial charge on any atom is -0.466 e. The van der Waals surface area contributed by atoms with Crippen LogP contribution < -0.4 is 5.32 Å². The fourth-order valence-corrected chi connectivity index (χ4v) is 0.453. The zero-order valence-electron chi connectivity index (χ0n) is 10.1. The van der Waals surface area contributed by atoms with E-state index in [0.717, 1.165) is 13.1 Å². The Morgan fingerprint density at radius 1 is 1.21 bits per heavy atom. The third-order valence-electron chi connectivity index (χ3n) is 0.848. The van der Waals surface area contributed by atoms with E-state index in [0.29, 0.717) is 6.61 Å². The molecule has 4 heteroatoms. The van der Waals surface area contributed by atoms with Crippen molar-refractivity contribution in [3.8, 4) is 0 Å². The summed E-state index contributed by atoms with van der Waals surface area (Å²) in [5.41, 5.74) is 0. The van der Waals surface area contributed by atoms with E-state index in [1.165, 1.54) is 6.92 Å². The first-order valence-corrected chi connectivity index (χ1v) is 5.05. The van der Waals surface area contributed by atoms with E-state index < -0.39 is 0 Å². The second-order valence-corrected chi connectivity index (χ2v) is 2.20. The van der Waals surface area contributed by atoms with E-state index in [1.54, 1.807) is 13.8 Å². The molecule has 0 unspecified atom stereocenters. The Hall–Kier alpha value is -0.610. The fraction of sp³-hybridized carbons (Fsp3) is 0.900. The van der Waals surface area contributed by atoms with Gasteiger partial charge in [0.05, 0.1) is 6.61 Å². The highest BCUT2D eigenvalue weighted by molar-refractivity contribution is 5.65. The number of esters is 1. The molecule has 0 aromatic carbocycles. The minimum absolute atomic E-state index is 0.211. The average molecular weight is 207 g/mol. The Balaban J connectivity index is -0.000000138. The van der Waals surface area contributed by atoms with Crippen LogP contribution in [0.1, 0.15) is 34.6 Å². The van der Waals surface area contributed by atoms with Crippen molar-refractivity contribution in [2.75, 3.05) is 26.3 Å². The lowest BCUT2D eigenvalue weighted by Gasteiger charge is -1.89.